The van der Waals surface area contributed by atoms with E-state index in [0.29, 0.717) is 24.3 Å². The number of para-hydroxylation sites is 1. The predicted octanol–water partition coefficient (Wildman–Crippen LogP) is 4.46. The highest BCUT2D eigenvalue weighted by molar-refractivity contribution is 6.34. The quantitative estimate of drug-likeness (QED) is 0.690. The molecule has 1 aliphatic rings. The van der Waals surface area contributed by atoms with E-state index in [1.807, 2.05) is 13.0 Å². The lowest BCUT2D eigenvalue weighted by Crippen LogP contribution is -2.30. The van der Waals surface area contributed by atoms with E-state index in [-0.39, 0.29) is 16.6 Å². The second kappa shape index (κ2) is 7.33. The van der Waals surface area contributed by atoms with Crippen LogP contribution in [0, 0.1) is 12.7 Å². The lowest BCUT2D eigenvalue weighted by Gasteiger charge is -2.21. The molecule has 29 heavy (non-hydrogen) atoms. The van der Waals surface area contributed by atoms with Crippen molar-refractivity contribution in [2.45, 2.75) is 6.92 Å². The summed E-state index contributed by atoms with van der Waals surface area (Å²) in [6.45, 7) is 3.08. The molecule has 1 aromatic heterocycles. The molecular formula is C21H18ClFN4O2. The maximum Gasteiger partial charge on any atom is 0.324 e. The second-order valence-electron chi connectivity index (χ2n) is 6.90. The fraction of sp³-hybridized carbons (Fsp3) is 0.190. The number of benzene rings is 2. The summed E-state index contributed by atoms with van der Waals surface area (Å²) in [5.41, 5.74) is 2.30. The van der Waals surface area contributed by atoms with Gasteiger partial charge in [0.05, 0.1) is 27.5 Å². The van der Waals surface area contributed by atoms with Gasteiger partial charge in [-0.05, 0) is 30.7 Å². The summed E-state index contributed by atoms with van der Waals surface area (Å²) in [4.78, 5) is 33.0. The Kier molecular flexibility index (Phi) is 4.84. The van der Waals surface area contributed by atoms with E-state index in [1.165, 1.54) is 18.2 Å². The Hall–Kier alpha value is -3.19. The number of amides is 3. The molecule has 0 saturated carbocycles. The molecule has 0 spiro atoms. The van der Waals surface area contributed by atoms with Crippen LogP contribution < -0.4 is 10.2 Å². The van der Waals surface area contributed by atoms with Gasteiger partial charge in [-0.15, -0.1) is 0 Å². The molecule has 2 heterocycles. The van der Waals surface area contributed by atoms with Crippen LogP contribution in [0.15, 0.2) is 42.6 Å². The van der Waals surface area contributed by atoms with E-state index >= 15 is 0 Å². The molecule has 0 bridgehead atoms. The van der Waals surface area contributed by atoms with Crippen LogP contribution in [-0.2, 0) is 0 Å². The van der Waals surface area contributed by atoms with Gasteiger partial charge in [-0.1, -0.05) is 29.8 Å². The van der Waals surface area contributed by atoms with E-state index in [4.69, 9.17) is 11.6 Å². The third-order valence-electron chi connectivity index (χ3n) is 4.98. The molecule has 3 amide bonds. The first-order chi connectivity index (χ1) is 13.9. The van der Waals surface area contributed by atoms with Crippen LogP contribution in [0.25, 0.3) is 10.9 Å². The molecule has 0 atom stereocenters. The number of nitrogens with zero attached hydrogens (tertiary/aromatic N) is 3. The number of carbonyl (C=O) groups is 2. The molecule has 3 aromatic rings. The van der Waals surface area contributed by atoms with Crippen molar-refractivity contribution in [1.82, 2.24) is 9.88 Å². The molecule has 8 heteroatoms. The molecule has 4 rings (SSSR count). The molecule has 1 fully saturated rings. The monoisotopic (exact) mass is 412 g/mol. The Balaban J connectivity index is 1.79. The minimum absolute atomic E-state index is 0.0259. The first-order valence-corrected chi connectivity index (χ1v) is 9.42. The maximum absolute atomic E-state index is 14.1. The van der Waals surface area contributed by atoms with Crippen LogP contribution in [0.3, 0.4) is 0 Å². The lowest BCUT2D eigenvalue weighted by molar-refractivity contribution is 0.102. The van der Waals surface area contributed by atoms with Crippen LogP contribution >= 0.6 is 11.6 Å². The van der Waals surface area contributed by atoms with Crippen LogP contribution in [0.2, 0.25) is 5.02 Å². The first-order valence-electron chi connectivity index (χ1n) is 9.05. The lowest BCUT2D eigenvalue weighted by atomic mass is 10.1. The Bertz CT molecular complexity index is 1130. The predicted molar refractivity (Wildman–Crippen MR) is 111 cm³/mol. The van der Waals surface area contributed by atoms with Gasteiger partial charge in [-0.3, -0.25) is 14.7 Å². The second-order valence-corrected chi connectivity index (χ2v) is 7.31. The Morgan fingerprint density at radius 1 is 1.21 bits per heavy atom. The number of anilines is 2. The van der Waals surface area contributed by atoms with Crippen LogP contribution in [-0.4, -0.2) is 42.0 Å². The van der Waals surface area contributed by atoms with Crippen molar-refractivity contribution in [3.63, 3.8) is 0 Å². The molecule has 6 nitrogen and oxygen atoms in total. The standard InChI is InChI=1S/C21H18ClFN4O2/c1-12-11-24-18-13(19(12)27-10-9-26(2)21(27)29)5-3-8-16(18)25-20(28)17-14(22)6-4-7-15(17)23/h3-8,11H,9-10H2,1-2H3,(H,25,28). The van der Waals surface area contributed by atoms with Gasteiger partial charge in [0.15, 0.2) is 0 Å². The third kappa shape index (κ3) is 3.27. The topological polar surface area (TPSA) is 65.5 Å². The SMILES string of the molecule is Cc1cnc2c(NC(=O)c3c(F)cccc3Cl)cccc2c1N1CCN(C)C1=O. The van der Waals surface area contributed by atoms with Crippen LogP contribution in [0.1, 0.15) is 15.9 Å². The number of likely N-dealkylation sites (N-methyl/N-ethyl adjacent to an activating group) is 1. The summed E-state index contributed by atoms with van der Waals surface area (Å²) in [5, 5.41) is 3.45. The smallest absolute Gasteiger partial charge is 0.324 e. The minimum Gasteiger partial charge on any atom is -0.326 e. The number of urea groups is 1. The van der Waals surface area contributed by atoms with E-state index < -0.39 is 11.7 Å². The number of pyridine rings is 1. The number of aromatic nitrogens is 1. The summed E-state index contributed by atoms with van der Waals surface area (Å²) >= 11 is 6.01. The number of hydrogen-bond donors (Lipinski definition) is 1. The van der Waals surface area contributed by atoms with Crippen molar-refractivity contribution in [2.75, 3.05) is 30.4 Å². The molecule has 0 unspecified atom stereocenters. The highest BCUT2D eigenvalue weighted by Gasteiger charge is 2.29. The Morgan fingerprint density at radius 3 is 2.66 bits per heavy atom. The van der Waals surface area contributed by atoms with Crippen molar-refractivity contribution in [3.05, 3.63) is 64.6 Å². The zero-order valence-corrected chi connectivity index (χ0v) is 16.6. The third-order valence-corrected chi connectivity index (χ3v) is 5.29. The van der Waals surface area contributed by atoms with Crippen LogP contribution in [0.4, 0.5) is 20.6 Å². The summed E-state index contributed by atoms with van der Waals surface area (Å²) in [6.07, 6.45) is 1.66. The summed E-state index contributed by atoms with van der Waals surface area (Å²) in [7, 11) is 1.75. The van der Waals surface area contributed by atoms with Crippen LogP contribution in [0.5, 0.6) is 0 Å². The van der Waals surface area contributed by atoms with E-state index in [9.17, 15) is 14.0 Å². The summed E-state index contributed by atoms with van der Waals surface area (Å²) < 4.78 is 14.1. The average molecular weight is 413 g/mol. The van der Waals surface area contributed by atoms with Crippen molar-refractivity contribution in [3.8, 4) is 0 Å². The molecule has 1 aliphatic heterocycles. The van der Waals surface area contributed by atoms with Gasteiger partial charge in [-0.25, -0.2) is 9.18 Å². The summed E-state index contributed by atoms with van der Waals surface area (Å²) in [6, 6.07) is 9.27. The van der Waals surface area contributed by atoms with Gasteiger partial charge in [0.1, 0.15) is 5.82 Å². The van der Waals surface area contributed by atoms with Gasteiger partial charge in [0.2, 0.25) is 0 Å². The molecular weight excluding hydrogens is 395 g/mol. The zero-order chi connectivity index (χ0) is 20.7. The van der Waals surface area contributed by atoms with Gasteiger partial charge in [0.25, 0.3) is 5.91 Å². The molecule has 2 aromatic carbocycles. The fourth-order valence-corrected chi connectivity index (χ4v) is 3.77. The van der Waals surface area contributed by atoms with Gasteiger partial charge in [0, 0.05) is 31.7 Å². The highest BCUT2D eigenvalue weighted by Crippen LogP contribution is 2.34. The minimum atomic E-state index is -0.703. The maximum atomic E-state index is 14.1. The van der Waals surface area contributed by atoms with E-state index in [1.54, 1.807) is 35.2 Å². The van der Waals surface area contributed by atoms with Gasteiger partial charge < -0.3 is 10.2 Å². The number of rotatable bonds is 3. The van der Waals surface area contributed by atoms with Crippen molar-refractivity contribution < 1.29 is 14.0 Å². The molecule has 1 saturated heterocycles. The molecule has 0 radical (unpaired) electrons. The highest BCUT2D eigenvalue weighted by atomic mass is 35.5. The van der Waals surface area contributed by atoms with E-state index in [2.05, 4.69) is 10.3 Å². The van der Waals surface area contributed by atoms with Gasteiger partial charge >= 0.3 is 6.03 Å². The number of nitrogens with one attached hydrogen (secondary N) is 1. The number of fused-ring (bicyclic) bond motifs is 1. The number of aryl methyl sites for hydroxylation is 1. The largest absolute Gasteiger partial charge is 0.326 e. The normalized spacial score (nSPS) is 14.0. The fourth-order valence-electron chi connectivity index (χ4n) is 3.52. The number of halogens is 2. The Morgan fingerprint density at radius 2 is 1.97 bits per heavy atom. The molecule has 1 N–H and O–H groups in total. The Labute approximate surface area is 171 Å². The average Bonchev–Trinajstić information content (AvgIpc) is 3.00. The number of hydrogen-bond acceptors (Lipinski definition) is 3. The molecule has 0 aliphatic carbocycles. The molecule has 148 valence electrons. The van der Waals surface area contributed by atoms with Gasteiger partial charge in [-0.2, -0.15) is 0 Å². The first kappa shape index (κ1) is 19.1. The number of carbonyl (C=O) groups excluding carboxylic acids is 2. The van der Waals surface area contributed by atoms with Crippen molar-refractivity contribution in [1.29, 1.82) is 0 Å². The van der Waals surface area contributed by atoms with E-state index in [0.717, 1.165) is 16.6 Å². The zero-order valence-electron chi connectivity index (χ0n) is 15.9. The van der Waals surface area contributed by atoms with Crippen molar-refractivity contribution >= 4 is 45.8 Å². The van der Waals surface area contributed by atoms with Crippen molar-refractivity contribution in [2.24, 2.45) is 0 Å². The summed E-state index contributed by atoms with van der Waals surface area (Å²) in [5.74, 6) is -1.37.